The Hall–Kier alpha value is -2.97. The van der Waals surface area contributed by atoms with Crippen molar-refractivity contribution in [1.29, 1.82) is 0 Å². The third-order valence-corrected chi connectivity index (χ3v) is 2.70. The van der Waals surface area contributed by atoms with E-state index in [9.17, 15) is 0 Å². The molecular weight excluding hydrogens is 272 g/mol. The standard InChI is InChI=1S/C12H14N8O/c1-3-20-7-9(6-15-20)21-12-17-10(13-2)16-11(18-12)19-5-4-14-8-19/h4-8H,3H2,1-2H3,(H,13,16,17,18). The predicted molar refractivity (Wildman–Crippen MR) is 74.5 cm³/mol. The topological polar surface area (TPSA) is 95.6 Å². The minimum atomic E-state index is 0.189. The van der Waals surface area contributed by atoms with Gasteiger partial charge in [-0.15, -0.1) is 0 Å². The van der Waals surface area contributed by atoms with E-state index in [1.807, 2.05) is 6.92 Å². The van der Waals surface area contributed by atoms with Crippen LogP contribution >= 0.6 is 0 Å². The van der Waals surface area contributed by atoms with Crippen LogP contribution in [0.5, 0.6) is 11.8 Å². The second kappa shape index (κ2) is 5.57. The molecule has 1 N–H and O–H groups in total. The fourth-order valence-corrected chi connectivity index (χ4v) is 1.67. The molecule has 3 heterocycles. The van der Waals surface area contributed by atoms with E-state index in [1.165, 1.54) is 0 Å². The van der Waals surface area contributed by atoms with Crippen molar-refractivity contribution in [2.45, 2.75) is 13.5 Å². The zero-order valence-corrected chi connectivity index (χ0v) is 11.6. The molecule has 108 valence electrons. The van der Waals surface area contributed by atoms with Gasteiger partial charge in [-0.3, -0.25) is 9.25 Å². The van der Waals surface area contributed by atoms with Crippen LogP contribution < -0.4 is 10.1 Å². The van der Waals surface area contributed by atoms with E-state index in [0.717, 1.165) is 6.54 Å². The van der Waals surface area contributed by atoms with Gasteiger partial charge >= 0.3 is 6.01 Å². The largest absolute Gasteiger partial charge is 0.421 e. The molecule has 21 heavy (non-hydrogen) atoms. The Balaban J connectivity index is 1.92. The van der Waals surface area contributed by atoms with E-state index in [1.54, 1.807) is 47.4 Å². The molecule has 3 aromatic rings. The number of rotatable bonds is 5. The molecular formula is C12H14N8O. The monoisotopic (exact) mass is 286 g/mol. The van der Waals surface area contributed by atoms with Gasteiger partial charge < -0.3 is 10.1 Å². The van der Waals surface area contributed by atoms with Gasteiger partial charge in [0.05, 0.1) is 12.4 Å². The van der Waals surface area contributed by atoms with Gasteiger partial charge in [0.1, 0.15) is 6.33 Å². The van der Waals surface area contributed by atoms with Gasteiger partial charge in [0.2, 0.25) is 11.9 Å². The van der Waals surface area contributed by atoms with E-state index < -0.39 is 0 Å². The highest BCUT2D eigenvalue weighted by molar-refractivity contribution is 5.31. The van der Waals surface area contributed by atoms with Crippen molar-refractivity contribution < 1.29 is 4.74 Å². The SMILES string of the molecule is CCn1cc(Oc2nc(NC)nc(-n3ccnc3)n2)cn1. The van der Waals surface area contributed by atoms with Gasteiger partial charge in [0, 0.05) is 26.0 Å². The number of hydrogen-bond donors (Lipinski definition) is 1. The first-order valence-corrected chi connectivity index (χ1v) is 6.41. The molecule has 0 amide bonds. The van der Waals surface area contributed by atoms with Gasteiger partial charge in [-0.2, -0.15) is 20.1 Å². The van der Waals surface area contributed by atoms with Gasteiger partial charge in [0.15, 0.2) is 5.75 Å². The summed E-state index contributed by atoms with van der Waals surface area (Å²) >= 11 is 0. The van der Waals surface area contributed by atoms with Gasteiger partial charge in [-0.25, -0.2) is 4.98 Å². The lowest BCUT2D eigenvalue weighted by Gasteiger charge is -2.06. The molecule has 0 saturated carbocycles. The second-order valence-electron chi connectivity index (χ2n) is 4.10. The number of nitrogens with one attached hydrogen (secondary N) is 1. The smallest absolute Gasteiger partial charge is 0.328 e. The van der Waals surface area contributed by atoms with Crippen molar-refractivity contribution in [3.8, 4) is 17.7 Å². The minimum absolute atomic E-state index is 0.189. The normalized spacial score (nSPS) is 10.6. The van der Waals surface area contributed by atoms with E-state index in [0.29, 0.717) is 17.6 Å². The molecule has 0 saturated heterocycles. The van der Waals surface area contributed by atoms with Crippen molar-refractivity contribution in [3.05, 3.63) is 31.1 Å². The quantitative estimate of drug-likeness (QED) is 0.750. The van der Waals surface area contributed by atoms with E-state index in [-0.39, 0.29) is 6.01 Å². The number of hydrogen-bond acceptors (Lipinski definition) is 7. The van der Waals surface area contributed by atoms with E-state index in [2.05, 4.69) is 30.4 Å². The Kier molecular flexibility index (Phi) is 3.46. The van der Waals surface area contributed by atoms with Crippen LogP contribution in [0.4, 0.5) is 5.95 Å². The first-order chi connectivity index (χ1) is 10.3. The first kappa shape index (κ1) is 13.0. The summed E-state index contributed by atoms with van der Waals surface area (Å²) in [6, 6.07) is 0.189. The first-order valence-electron chi connectivity index (χ1n) is 6.41. The number of aryl methyl sites for hydroxylation is 1. The zero-order valence-electron chi connectivity index (χ0n) is 11.6. The van der Waals surface area contributed by atoms with Crippen molar-refractivity contribution in [1.82, 2.24) is 34.3 Å². The molecule has 0 aliphatic rings. The summed E-state index contributed by atoms with van der Waals surface area (Å²) in [4.78, 5) is 16.6. The minimum Gasteiger partial charge on any atom is -0.421 e. The molecule has 9 nitrogen and oxygen atoms in total. The molecule has 0 spiro atoms. The maximum absolute atomic E-state index is 5.62. The van der Waals surface area contributed by atoms with Gasteiger partial charge in [-0.1, -0.05) is 0 Å². The Labute approximate surface area is 120 Å². The molecule has 3 rings (SSSR count). The maximum Gasteiger partial charge on any atom is 0.328 e. The van der Waals surface area contributed by atoms with Crippen LogP contribution in [0.25, 0.3) is 5.95 Å². The summed E-state index contributed by atoms with van der Waals surface area (Å²) in [5.41, 5.74) is 0. The average molecular weight is 286 g/mol. The second-order valence-corrected chi connectivity index (χ2v) is 4.10. The third-order valence-electron chi connectivity index (χ3n) is 2.70. The molecule has 9 heteroatoms. The highest BCUT2D eigenvalue weighted by atomic mass is 16.5. The molecule has 0 atom stereocenters. The Morgan fingerprint density at radius 2 is 2.19 bits per heavy atom. The summed E-state index contributed by atoms with van der Waals surface area (Å²) in [7, 11) is 1.73. The molecule has 0 aromatic carbocycles. The summed E-state index contributed by atoms with van der Waals surface area (Å²) in [6.07, 6.45) is 8.39. The van der Waals surface area contributed by atoms with Crippen LogP contribution in [0.2, 0.25) is 0 Å². The molecule has 0 bridgehead atoms. The van der Waals surface area contributed by atoms with Crippen LogP contribution in [0.15, 0.2) is 31.1 Å². The number of imidazole rings is 1. The summed E-state index contributed by atoms with van der Waals surface area (Å²) in [5.74, 6) is 1.40. The summed E-state index contributed by atoms with van der Waals surface area (Å²) < 4.78 is 9.05. The number of ether oxygens (including phenoxy) is 1. The lowest BCUT2D eigenvalue weighted by molar-refractivity contribution is 0.438. The van der Waals surface area contributed by atoms with Crippen LogP contribution in [0, 0.1) is 0 Å². The third kappa shape index (κ3) is 2.81. The van der Waals surface area contributed by atoms with Crippen molar-refractivity contribution in [2.24, 2.45) is 0 Å². The van der Waals surface area contributed by atoms with Crippen LogP contribution in [-0.4, -0.2) is 41.3 Å². The number of aromatic nitrogens is 7. The molecule has 0 unspecified atom stereocenters. The Morgan fingerprint density at radius 1 is 1.29 bits per heavy atom. The lowest BCUT2D eigenvalue weighted by Crippen LogP contribution is -2.06. The number of anilines is 1. The van der Waals surface area contributed by atoms with Gasteiger partial charge in [0.25, 0.3) is 0 Å². The molecule has 3 aromatic heterocycles. The van der Waals surface area contributed by atoms with Crippen LogP contribution in [-0.2, 0) is 6.54 Å². The molecule has 0 aliphatic carbocycles. The molecule has 0 aliphatic heterocycles. The zero-order chi connectivity index (χ0) is 14.7. The maximum atomic E-state index is 5.62. The van der Waals surface area contributed by atoms with Crippen molar-refractivity contribution in [3.63, 3.8) is 0 Å². The molecule has 0 fully saturated rings. The highest BCUT2D eigenvalue weighted by Crippen LogP contribution is 2.18. The Bertz CT molecular complexity index is 721. The van der Waals surface area contributed by atoms with Gasteiger partial charge in [-0.05, 0) is 6.92 Å². The van der Waals surface area contributed by atoms with Crippen LogP contribution in [0.3, 0.4) is 0 Å². The van der Waals surface area contributed by atoms with Crippen LogP contribution in [0.1, 0.15) is 6.92 Å². The Morgan fingerprint density at radius 3 is 2.86 bits per heavy atom. The van der Waals surface area contributed by atoms with Crippen molar-refractivity contribution >= 4 is 5.95 Å². The predicted octanol–water partition coefficient (Wildman–Crippen LogP) is 1.11. The van der Waals surface area contributed by atoms with Crippen molar-refractivity contribution in [2.75, 3.05) is 12.4 Å². The average Bonchev–Trinajstić information content (AvgIpc) is 3.18. The molecule has 0 radical (unpaired) electrons. The lowest BCUT2D eigenvalue weighted by atomic mass is 10.6. The number of nitrogens with zero attached hydrogens (tertiary/aromatic N) is 7. The highest BCUT2D eigenvalue weighted by Gasteiger charge is 2.10. The summed E-state index contributed by atoms with van der Waals surface area (Å²) in [6.45, 7) is 2.76. The summed E-state index contributed by atoms with van der Waals surface area (Å²) in [5, 5.41) is 7.01. The fraction of sp³-hybridized carbons (Fsp3) is 0.250. The van der Waals surface area contributed by atoms with E-state index >= 15 is 0 Å². The van der Waals surface area contributed by atoms with E-state index in [4.69, 9.17) is 4.74 Å². The fourth-order valence-electron chi connectivity index (χ4n) is 1.67.